The third-order valence-electron chi connectivity index (χ3n) is 6.51. The second-order valence-electron chi connectivity index (χ2n) is 9.00. The number of piperazine rings is 1. The molecule has 0 radical (unpaired) electrons. The van der Waals surface area contributed by atoms with Gasteiger partial charge in [0.2, 0.25) is 5.91 Å². The van der Waals surface area contributed by atoms with Gasteiger partial charge < -0.3 is 19.1 Å². The quantitative estimate of drug-likeness (QED) is 0.353. The lowest BCUT2D eigenvalue weighted by molar-refractivity contribution is -0.127. The topological polar surface area (TPSA) is 51.2 Å². The van der Waals surface area contributed by atoms with Gasteiger partial charge in [-0.3, -0.25) is 9.69 Å². The lowest BCUT2D eigenvalue weighted by atomic mass is 10.0. The molecule has 0 aliphatic carbocycles. The molecule has 0 bridgehead atoms. The minimum atomic E-state index is -0.431. The van der Waals surface area contributed by atoms with E-state index in [1.165, 1.54) is 24.3 Å². The maximum atomic E-state index is 13.4. The average molecular weight is 523 g/mol. The molecule has 4 rings (SSSR count). The molecule has 0 spiro atoms. The molecule has 1 saturated heterocycles. The highest BCUT2D eigenvalue weighted by atomic mass is 19.1. The maximum absolute atomic E-state index is 13.4. The molecular weight excluding hydrogens is 490 g/mol. The maximum Gasteiger partial charge on any atom is 0.246 e. The van der Waals surface area contributed by atoms with Crippen molar-refractivity contribution in [2.45, 2.75) is 6.10 Å². The van der Waals surface area contributed by atoms with Crippen LogP contribution in [-0.4, -0.2) is 69.3 Å². The molecule has 1 amide bonds. The van der Waals surface area contributed by atoms with Crippen LogP contribution >= 0.6 is 0 Å². The minimum Gasteiger partial charge on any atom is -0.497 e. The molecule has 1 fully saturated rings. The molecule has 0 aromatic heterocycles. The van der Waals surface area contributed by atoms with E-state index in [1.807, 2.05) is 17.0 Å². The van der Waals surface area contributed by atoms with Crippen LogP contribution in [0.15, 0.2) is 72.8 Å². The zero-order valence-corrected chi connectivity index (χ0v) is 21.6. The van der Waals surface area contributed by atoms with Crippen molar-refractivity contribution in [2.75, 3.05) is 53.6 Å². The monoisotopic (exact) mass is 522 g/mol. The summed E-state index contributed by atoms with van der Waals surface area (Å²) in [5.74, 6) is 0.631. The Kier molecular flexibility index (Phi) is 9.46. The van der Waals surface area contributed by atoms with Crippen LogP contribution in [0.1, 0.15) is 22.8 Å². The Balaban J connectivity index is 1.28. The number of methoxy groups -OCH3 is 2. The summed E-state index contributed by atoms with van der Waals surface area (Å²) in [5, 5.41) is 0. The van der Waals surface area contributed by atoms with Crippen LogP contribution in [0.3, 0.4) is 0 Å². The van der Waals surface area contributed by atoms with Crippen molar-refractivity contribution < 1.29 is 27.8 Å². The predicted octanol–water partition coefficient (Wildman–Crippen LogP) is 4.95. The summed E-state index contributed by atoms with van der Waals surface area (Å²) in [5.41, 5.74) is 2.42. The summed E-state index contributed by atoms with van der Waals surface area (Å²) in [7, 11) is 3.17. The van der Waals surface area contributed by atoms with Crippen molar-refractivity contribution in [1.82, 2.24) is 9.80 Å². The number of halogens is 2. The molecule has 1 aliphatic heterocycles. The van der Waals surface area contributed by atoms with E-state index in [9.17, 15) is 13.6 Å². The number of rotatable bonds is 10. The molecule has 0 N–H and O–H groups in total. The van der Waals surface area contributed by atoms with Crippen LogP contribution in [0.25, 0.3) is 6.08 Å². The zero-order chi connectivity index (χ0) is 26.9. The second-order valence-corrected chi connectivity index (χ2v) is 9.00. The lowest BCUT2D eigenvalue weighted by Crippen LogP contribution is -2.49. The predicted molar refractivity (Wildman–Crippen MR) is 142 cm³/mol. The smallest absolute Gasteiger partial charge is 0.246 e. The number of carbonyl (C=O) groups excluding carboxylic acids is 1. The summed E-state index contributed by atoms with van der Waals surface area (Å²) < 4.78 is 43.7. The van der Waals surface area contributed by atoms with Crippen LogP contribution in [0.2, 0.25) is 0 Å². The molecule has 0 unspecified atom stereocenters. The number of ether oxygens (including phenoxy) is 3. The first-order valence-corrected chi connectivity index (χ1v) is 12.5. The Bertz CT molecular complexity index is 1160. The number of benzene rings is 3. The first kappa shape index (κ1) is 27.3. The van der Waals surface area contributed by atoms with Gasteiger partial charge in [-0.05, 0) is 59.2 Å². The van der Waals surface area contributed by atoms with E-state index >= 15 is 0 Å². The van der Waals surface area contributed by atoms with Crippen LogP contribution < -0.4 is 9.47 Å². The number of hydrogen-bond donors (Lipinski definition) is 0. The fourth-order valence-electron chi connectivity index (χ4n) is 4.35. The zero-order valence-electron chi connectivity index (χ0n) is 21.6. The molecule has 38 heavy (non-hydrogen) atoms. The molecule has 200 valence electrons. The molecule has 8 heteroatoms. The van der Waals surface area contributed by atoms with Gasteiger partial charge in [-0.15, -0.1) is 0 Å². The minimum absolute atomic E-state index is 0.0460. The van der Waals surface area contributed by atoms with Gasteiger partial charge in [0, 0.05) is 44.9 Å². The van der Waals surface area contributed by atoms with E-state index in [-0.39, 0.29) is 17.5 Å². The Hall–Kier alpha value is -3.75. The van der Waals surface area contributed by atoms with Crippen molar-refractivity contribution in [3.05, 3.63) is 101 Å². The molecule has 6 nitrogen and oxygen atoms in total. The van der Waals surface area contributed by atoms with Crippen molar-refractivity contribution in [1.29, 1.82) is 0 Å². The molecule has 0 atom stereocenters. The first-order valence-electron chi connectivity index (χ1n) is 12.5. The molecule has 1 aliphatic rings. The summed E-state index contributed by atoms with van der Waals surface area (Å²) in [6.45, 7) is 3.81. The Labute approximate surface area is 222 Å². The van der Waals surface area contributed by atoms with Crippen molar-refractivity contribution in [3.8, 4) is 11.5 Å². The van der Waals surface area contributed by atoms with Crippen LogP contribution in [-0.2, 0) is 9.53 Å². The van der Waals surface area contributed by atoms with Gasteiger partial charge in [0.25, 0.3) is 0 Å². The van der Waals surface area contributed by atoms with Gasteiger partial charge in [0.15, 0.2) is 0 Å². The van der Waals surface area contributed by atoms with Gasteiger partial charge in [-0.1, -0.05) is 24.3 Å². The summed E-state index contributed by atoms with van der Waals surface area (Å²) in [6.07, 6.45) is 2.90. The molecule has 1 heterocycles. The Morgan fingerprint density at radius 3 is 1.87 bits per heavy atom. The van der Waals surface area contributed by atoms with Gasteiger partial charge in [-0.25, -0.2) is 8.78 Å². The van der Waals surface area contributed by atoms with E-state index in [4.69, 9.17) is 14.2 Å². The molecule has 3 aromatic carbocycles. The fourth-order valence-corrected chi connectivity index (χ4v) is 4.35. The summed E-state index contributed by atoms with van der Waals surface area (Å²) in [4.78, 5) is 16.8. The molecule has 3 aromatic rings. The Morgan fingerprint density at radius 1 is 0.842 bits per heavy atom. The van der Waals surface area contributed by atoms with Gasteiger partial charge >= 0.3 is 0 Å². The summed E-state index contributed by atoms with van der Waals surface area (Å²) >= 11 is 0. The number of nitrogens with zero attached hydrogens (tertiary/aromatic N) is 2. The third kappa shape index (κ3) is 7.40. The van der Waals surface area contributed by atoms with Crippen LogP contribution in [0.5, 0.6) is 11.5 Å². The second kappa shape index (κ2) is 13.2. The number of carbonyl (C=O) groups is 1. The Morgan fingerprint density at radius 2 is 1.37 bits per heavy atom. The van der Waals surface area contributed by atoms with E-state index in [0.717, 1.165) is 29.8 Å². The normalized spacial score (nSPS) is 14.3. The fraction of sp³-hybridized carbons (Fsp3) is 0.300. The lowest BCUT2D eigenvalue weighted by Gasteiger charge is -2.34. The van der Waals surface area contributed by atoms with Crippen molar-refractivity contribution in [2.24, 2.45) is 0 Å². The molecule has 0 saturated carbocycles. The van der Waals surface area contributed by atoms with Crippen molar-refractivity contribution >= 4 is 12.0 Å². The van der Waals surface area contributed by atoms with E-state index in [0.29, 0.717) is 37.7 Å². The highest BCUT2D eigenvalue weighted by Crippen LogP contribution is 2.27. The highest BCUT2D eigenvalue weighted by Gasteiger charge is 2.21. The van der Waals surface area contributed by atoms with E-state index in [2.05, 4.69) is 4.90 Å². The average Bonchev–Trinajstić information content (AvgIpc) is 2.95. The van der Waals surface area contributed by atoms with Gasteiger partial charge in [-0.2, -0.15) is 0 Å². The van der Waals surface area contributed by atoms with Crippen LogP contribution in [0.4, 0.5) is 8.78 Å². The van der Waals surface area contributed by atoms with Crippen LogP contribution in [0, 0.1) is 11.6 Å². The number of amides is 1. The standard InChI is InChI=1S/C30H32F2N2O4/c1-36-27-19-22(20-28(21-27)37-2)3-12-29(35)34-15-13-33(14-16-34)17-18-38-30(23-4-8-25(31)9-5-23)24-6-10-26(32)11-7-24/h3-12,19-21,30H,13-18H2,1-2H3/b12-3+. The van der Waals surface area contributed by atoms with Gasteiger partial charge in [0.1, 0.15) is 29.2 Å². The third-order valence-corrected chi connectivity index (χ3v) is 6.51. The number of hydrogen-bond acceptors (Lipinski definition) is 5. The summed E-state index contributed by atoms with van der Waals surface area (Å²) in [6, 6.07) is 17.8. The van der Waals surface area contributed by atoms with E-state index < -0.39 is 6.10 Å². The SMILES string of the molecule is COc1cc(/C=C/C(=O)N2CCN(CCOC(c3ccc(F)cc3)c3ccc(F)cc3)CC2)cc(OC)c1. The van der Waals surface area contributed by atoms with Crippen molar-refractivity contribution in [3.63, 3.8) is 0 Å². The van der Waals surface area contributed by atoms with Gasteiger partial charge in [0.05, 0.1) is 20.8 Å². The highest BCUT2D eigenvalue weighted by molar-refractivity contribution is 5.92. The first-order chi connectivity index (χ1) is 18.4. The van der Waals surface area contributed by atoms with E-state index in [1.54, 1.807) is 56.7 Å². The molecular formula is C30H32F2N2O4. The largest absolute Gasteiger partial charge is 0.497 e.